The van der Waals surface area contributed by atoms with E-state index in [0.29, 0.717) is 6.04 Å². The molecule has 0 aliphatic rings. The maximum Gasteiger partial charge on any atom is 0.0255 e. The molecule has 94 valence electrons. The molecule has 0 spiro atoms. The van der Waals surface area contributed by atoms with Crippen molar-refractivity contribution in [3.8, 4) is 0 Å². The topological polar surface area (TPSA) is 12.0 Å². The summed E-state index contributed by atoms with van der Waals surface area (Å²) < 4.78 is 0. The molecule has 17 heavy (non-hydrogen) atoms. The Kier molecular flexibility index (Phi) is 5.99. The molecule has 1 aromatic carbocycles. The van der Waals surface area contributed by atoms with Crippen molar-refractivity contribution >= 4 is 0 Å². The molecule has 0 bridgehead atoms. The quantitative estimate of drug-likeness (QED) is 0.733. The molecule has 0 aliphatic heterocycles. The van der Waals surface area contributed by atoms with E-state index >= 15 is 0 Å². The van der Waals surface area contributed by atoms with Crippen molar-refractivity contribution < 1.29 is 0 Å². The zero-order chi connectivity index (χ0) is 12.7. The fourth-order valence-electron chi connectivity index (χ4n) is 1.99. The Bertz CT molecular complexity index is 344. The van der Waals surface area contributed by atoms with Crippen molar-refractivity contribution in [2.75, 3.05) is 6.54 Å². The van der Waals surface area contributed by atoms with Gasteiger partial charge in [-0.2, -0.15) is 0 Å². The average Bonchev–Trinajstić information content (AvgIpc) is 2.27. The third-order valence-corrected chi connectivity index (χ3v) is 2.87. The smallest absolute Gasteiger partial charge is 0.0255 e. The first kappa shape index (κ1) is 14.0. The predicted octanol–water partition coefficient (Wildman–Crippen LogP) is 3.87. The molecule has 1 unspecified atom stereocenters. The minimum atomic E-state index is 0.506. The number of rotatable bonds is 6. The van der Waals surface area contributed by atoms with E-state index in [0.717, 1.165) is 13.0 Å². The number of hydrogen-bond donors (Lipinski definition) is 1. The second-order valence-electron chi connectivity index (χ2n) is 4.93. The van der Waals surface area contributed by atoms with E-state index in [1.807, 2.05) is 0 Å². The molecule has 0 aliphatic carbocycles. The minimum Gasteiger partial charge on any atom is -0.311 e. The van der Waals surface area contributed by atoms with Gasteiger partial charge in [-0.15, -0.1) is 0 Å². The third-order valence-electron chi connectivity index (χ3n) is 2.87. The SMILES string of the molecule is CCNC(C=C(C)C)CCc1ccc(C)cc1. The van der Waals surface area contributed by atoms with Crippen LogP contribution in [0.15, 0.2) is 35.9 Å². The predicted molar refractivity (Wildman–Crippen MR) is 76.4 cm³/mol. The first-order valence-electron chi connectivity index (χ1n) is 6.55. The summed E-state index contributed by atoms with van der Waals surface area (Å²) >= 11 is 0. The standard InChI is InChI=1S/C16H25N/c1-5-17-16(12-13(2)3)11-10-15-8-6-14(4)7-9-15/h6-9,12,16-17H,5,10-11H2,1-4H3. The first-order chi connectivity index (χ1) is 8.11. The summed E-state index contributed by atoms with van der Waals surface area (Å²) in [5, 5.41) is 3.52. The van der Waals surface area contributed by atoms with Gasteiger partial charge >= 0.3 is 0 Å². The van der Waals surface area contributed by atoms with E-state index < -0.39 is 0 Å². The number of aryl methyl sites for hydroxylation is 2. The Balaban J connectivity index is 2.51. The second kappa shape index (κ2) is 7.29. The number of benzene rings is 1. The van der Waals surface area contributed by atoms with Crippen LogP contribution >= 0.6 is 0 Å². The Labute approximate surface area is 106 Å². The van der Waals surface area contributed by atoms with Crippen LogP contribution in [0, 0.1) is 6.92 Å². The summed E-state index contributed by atoms with van der Waals surface area (Å²) in [6.45, 7) is 9.65. The number of hydrogen-bond acceptors (Lipinski definition) is 1. The van der Waals surface area contributed by atoms with Gasteiger partial charge in [-0.25, -0.2) is 0 Å². The van der Waals surface area contributed by atoms with Gasteiger partial charge in [0.1, 0.15) is 0 Å². The third kappa shape index (κ3) is 5.69. The van der Waals surface area contributed by atoms with E-state index in [1.54, 1.807) is 0 Å². The minimum absolute atomic E-state index is 0.506. The normalized spacial score (nSPS) is 12.2. The molecule has 0 saturated heterocycles. The van der Waals surface area contributed by atoms with Gasteiger partial charge in [0.05, 0.1) is 0 Å². The van der Waals surface area contributed by atoms with Crippen molar-refractivity contribution in [2.24, 2.45) is 0 Å². The highest BCUT2D eigenvalue weighted by Crippen LogP contribution is 2.09. The zero-order valence-corrected chi connectivity index (χ0v) is 11.6. The van der Waals surface area contributed by atoms with Crippen molar-refractivity contribution in [2.45, 2.75) is 46.6 Å². The van der Waals surface area contributed by atoms with Crippen molar-refractivity contribution in [3.63, 3.8) is 0 Å². The van der Waals surface area contributed by atoms with Crippen LogP contribution in [-0.4, -0.2) is 12.6 Å². The number of nitrogens with one attached hydrogen (secondary N) is 1. The van der Waals surface area contributed by atoms with Crippen LogP contribution in [0.3, 0.4) is 0 Å². The highest BCUT2D eigenvalue weighted by Gasteiger charge is 2.03. The van der Waals surface area contributed by atoms with E-state index in [2.05, 4.69) is 63.4 Å². The lowest BCUT2D eigenvalue weighted by Gasteiger charge is -2.14. The van der Waals surface area contributed by atoms with Crippen LogP contribution < -0.4 is 5.32 Å². The zero-order valence-electron chi connectivity index (χ0n) is 11.6. The van der Waals surface area contributed by atoms with Gasteiger partial charge in [-0.3, -0.25) is 0 Å². The molecule has 0 heterocycles. The maximum absolute atomic E-state index is 3.52. The largest absolute Gasteiger partial charge is 0.311 e. The van der Waals surface area contributed by atoms with Crippen LogP contribution in [-0.2, 0) is 6.42 Å². The van der Waals surface area contributed by atoms with E-state index in [9.17, 15) is 0 Å². The number of allylic oxidation sites excluding steroid dienone is 1. The lowest BCUT2D eigenvalue weighted by Crippen LogP contribution is -2.27. The van der Waals surface area contributed by atoms with Crippen LogP contribution in [0.4, 0.5) is 0 Å². The molecule has 0 saturated carbocycles. The fourth-order valence-corrected chi connectivity index (χ4v) is 1.99. The van der Waals surface area contributed by atoms with Crippen LogP contribution in [0.5, 0.6) is 0 Å². The lowest BCUT2D eigenvalue weighted by molar-refractivity contribution is 0.571. The molecule has 0 fully saturated rings. The van der Waals surface area contributed by atoms with Crippen molar-refractivity contribution in [1.29, 1.82) is 0 Å². The van der Waals surface area contributed by atoms with Crippen LogP contribution in [0.25, 0.3) is 0 Å². The fraction of sp³-hybridized carbons (Fsp3) is 0.500. The maximum atomic E-state index is 3.52. The van der Waals surface area contributed by atoms with Crippen LogP contribution in [0.1, 0.15) is 38.3 Å². The summed E-state index contributed by atoms with van der Waals surface area (Å²) in [5.41, 5.74) is 4.15. The molecule has 0 amide bonds. The van der Waals surface area contributed by atoms with Gasteiger partial charge in [-0.05, 0) is 45.7 Å². The molecule has 1 N–H and O–H groups in total. The van der Waals surface area contributed by atoms with Gasteiger partial charge in [0, 0.05) is 6.04 Å². The van der Waals surface area contributed by atoms with Gasteiger partial charge < -0.3 is 5.32 Å². The average molecular weight is 231 g/mol. The Morgan fingerprint density at radius 2 is 1.88 bits per heavy atom. The molecular formula is C16H25N. The Hall–Kier alpha value is -1.08. The molecule has 1 atom stereocenters. The van der Waals surface area contributed by atoms with Gasteiger partial charge in [0.15, 0.2) is 0 Å². The van der Waals surface area contributed by atoms with E-state index in [-0.39, 0.29) is 0 Å². The number of likely N-dealkylation sites (N-methyl/N-ethyl adjacent to an activating group) is 1. The van der Waals surface area contributed by atoms with E-state index in [1.165, 1.54) is 23.1 Å². The van der Waals surface area contributed by atoms with Gasteiger partial charge in [0.2, 0.25) is 0 Å². The first-order valence-corrected chi connectivity index (χ1v) is 6.55. The summed E-state index contributed by atoms with van der Waals surface area (Å²) in [5.74, 6) is 0. The van der Waals surface area contributed by atoms with E-state index in [4.69, 9.17) is 0 Å². The van der Waals surface area contributed by atoms with Crippen molar-refractivity contribution in [3.05, 3.63) is 47.0 Å². The van der Waals surface area contributed by atoms with Gasteiger partial charge in [0.25, 0.3) is 0 Å². The summed E-state index contributed by atoms with van der Waals surface area (Å²) in [6, 6.07) is 9.37. The summed E-state index contributed by atoms with van der Waals surface area (Å²) in [6.07, 6.45) is 4.64. The van der Waals surface area contributed by atoms with Gasteiger partial charge in [-0.1, -0.05) is 48.4 Å². The highest BCUT2D eigenvalue weighted by atomic mass is 14.9. The molecule has 1 nitrogen and oxygen atoms in total. The monoisotopic (exact) mass is 231 g/mol. The summed E-state index contributed by atoms with van der Waals surface area (Å²) in [7, 11) is 0. The second-order valence-corrected chi connectivity index (χ2v) is 4.93. The molecule has 1 rings (SSSR count). The molecule has 1 heteroatoms. The molecule has 0 radical (unpaired) electrons. The lowest BCUT2D eigenvalue weighted by atomic mass is 10.0. The molecule has 1 aromatic rings. The highest BCUT2D eigenvalue weighted by molar-refractivity contribution is 5.21. The van der Waals surface area contributed by atoms with Crippen LogP contribution in [0.2, 0.25) is 0 Å². The Morgan fingerprint density at radius 1 is 1.24 bits per heavy atom. The molecule has 0 aromatic heterocycles. The summed E-state index contributed by atoms with van der Waals surface area (Å²) in [4.78, 5) is 0. The Morgan fingerprint density at radius 3 is 2.41 bits per heavy atom. The molecular weight excluding hydrogens is 206 g/mol. The van der Waals surface area contributed by atoms with Crippen molar-refractivity contribution in [1.82, 2.24) is 5.32 Å².